The van der Waals surface area contributed by atoms with Gasteiger partial charge < -0.3 is 14.6 Å². The average molecular weight is 455 g/mol. The maximum Gasteiger partial charge on any atom is 0.405 e. The van der Waals surface area contributed by atoms with Crippen molar-refractivity contribution in [2.45, 2.75) is 17.6 Å². The van der Waals surface area contributed by atoms with Crippen LogP contribution in [-0.4, -0.2) is 45.3 Å². The van der Waals surface area contributed by atoms with Gasteiger partial charge >= 0.3 is 6.18 Å². The van der Waals surface area contributed by atoms with Gasteiger partial charge in [-0.25, -0.2) is 8.42 Å². The fourth-order valence-electron chi connectivity index (χ4n) is 2.95. The predicted octanol–water partition coefficient (Wildman–Crippen LogP) is 3.38. The average Bonchev–Trinajstić information content (AvgIpc) is 3.12. The summed E-state index contributed by atoms with van der Waals surface area (Å²) in [5.41, 5.74) is 1.02. The van der Waals surface area contributed by atoms with Crippen molar-refractivity contribution in [2.75, 3.05) is 25.0 Å². The number of sulfonamides is 1. The number of methoxy groups -OCH3 is 1. The number of carbonyl (C=O) groups is 1. The van der Waals surface area contributed by atoms with E-state index in [0.717, 1.165) is 17.0 Å². The molecule has 0 saturated heterocycles. The van der Waals surface area contributed by atoms with Gasteiger partial charge in [-0.05, 0) is 42.5 Å². The highest BCUT2D eigenvalue weighted by Crippen LogP contribution is 2.23. The zero-order chi connectivity index (χ0) is 22.6. The van der Waals surface area contributed by atoms with Crippen LogP contribution in [0, 0.1) is 0 Å². The molecule has 3 aromatic rings. The zero-order valence-electron chi connectivity index (χ0n) is 16.4. The molecule has 0 spiro atoms. The Bertz CT molecular complexity index is 1190. The first-order valence-corrected chi connectivity index (χ1v) is 10.6. The van der Waals surface area contributed by atoms with Crippen molar-refractivity contribution in [1.82, 2.24) is 9.88 Å². The standard InChI is InChI=1S/C20H20F3N3O4S/c1-30-10-9-26-8-7-14-11-16(5-6-18(14)26)25-31(28,29)17-4-2-3-15(12-17)19(27)24-13-20(21,22)23/h2-8,11-12,25H,9-10,13H2,1H3,(H,24,27). The molecule has 0 fully saturated rings. The van der Waals surface area contributed by atoms with E-state index in [-0.39, 0.29) is 10.5 Å². The van der Waals surface area contributed by atoms with Crippen LogP contribution in [0.5, 0.6) is 0 Å². The van der Waals surface area contributed by atoms with E-state index in [0.29, 0.717) is 18.8 Å². The van der Waals surface area contributed by atoms with E-state index in [1.165, 1.54) is 18.2 Å². The summed E-state index contributed by atoms with van der Waals surface area (Å²) in [5, 5.41) is 2.53. The normalized spacial score (nSPS) is 12.1. The molecule has 0 aliphatic heterocycles. The van der Waals surface area contributed by atoms with Crippen molar-refractivity contribution in [3.8, 4) is 0 Å². The van der Waals surface area contributed by atoms with Gasteiger partial charge in [0, 0.05) is 42.0 Å². The summed E-state index contributed by atoms with van der Waals surface area (Å²) in [4.78, 5) is 11.7. The zero-order valence-corrected chi connectivity index (χ0v) is 17.3. The Morgan fingerprint density at radius 2 is 1.90 bits per heavy atom. The molecule has 0 saturated carbocycles. The first-order valence-electron chi connectivity index (χ1n) is 9.15. The number of anilines is 1. The molecular weight excluding hydrogens is 435 g/mol. The maximum absolute atomic E-state index is 12.7. The van der Waals surface area contributed by atoms with Crippen molar-refractivity contribution < 1.29 is 31.1 Å². The topological polar surface area (TPSA) is 89.4 Å². The smallest absolute Gasteiger partial charge is 0.383 e. The number of halogens is 3. The lowest BCUT2D eigenvalue weighted by Gasteiger charge is -2.11. The largest absolute Gasteiger partial charge is 0.405 e. The molecule has 11 heteroatoms. The highest BCUT2D eigenvalue weighted by atomic mass is 32.2. The number of benzene rings is 2. The highest BCUT2D eigenvalue weighted by Gasteiger charge is 2.28. The van der Waals surface area contributed by atoms with Crippen molar-refractivity contribution in [3.63, 3.8) is 0 Å². The molecule has 0 bridgehead atoms. The second kappa shape index (κ2) is 8.98. The molecule has 166 valence electrons. The monoisotopic (exact) mass is 455 g/mol. The van der Waals surface area contributed by atoms with E-state index in [4.69, 9.17) is 4.74 Å². The van der Waals surface area contributed by atoms with E-state index < -0.39 is 28.7 Å². The van der Waals surface area contributed by atoms with Gasteiger partial charge in [0.2, 0.25) is 0 Å². The fraction of sp³-hybridized carbons (Fsp3) is 0.250. The van der Waals surface area contributed by atoms with E-state index in [2.05, 4.69) is 4.72 Å². The first-order chi connectivity index (χ1) is 14.6. The van der Waals surface area contributed by atoms with Crippen molar-refractivity contribution in [3.05, 3.63) is 60.3 Å². The number of carbonyl (C=O) groups excluding carboxylic acids is 1. The second-order valence-corrected chi connectivity index (χ2v) is 8.39. The second-order valence-electron chi connectivity index (χ2n) is 6.71. The molecular formula is C20H20F3N3O4S. The van der Waals surface area contributed by atoms with Crippen LogP contribution in [0.2, 0.25) is 0 Å². The van der Waals surface area contributed by atoms with Gasteiger partial charge in [0.15, 0.2) is 0 Å². The maximum atomic E-state index is 12.7. The van der Waals surface area contributed by atoms with Gasteiger partial charge in [-0.1, -0.05) is 6.07 Å². The van der Waals surface area contributed by atoms with Crippen LogP contribution >= 0.6 is 0 Å². The Balaban J connectivity index is 1.78. The molecule has 2 N–H and O–H groups in total. The number of aromatic nitrogens is 1. The third-order valence-electron chi connectivity index (χ3n) is 4.42. The van der Waals surface area contributed by atoms with Crippen molar-refractivity contribution >= 4 is 32.5 Å². The molecule has 0 radical (unpaired) electrons. The molecule has 2 aromatic carbocycles. The number of ether oxygens (including phenoxy) is 1. The van der Waals surface area contributed by atoms with Gasteiger partial charge in [0.05, 0.1) is 11.5 Å². The van der Waals surface area contributed by atoms with Gasteiger partial charge in [-0.2, -0.15) is 13.2 Å². The van der Waals surface area contributed by atoms with Crippen LogP contribution in [0.25, 0.3) is 10.9 Å². The van der Waals surface area contributed by atoms with Crippen LogP contribution < -0.4 is 10.0 Å². The SMILES string of the molecule is COCCn1ccc2cc(NS(=O)(=O)c3cccc(C(=O)NCC(F)(F)F)c3)ccc21. The Labute approximate surface area is 176 Å². The molecule has 0 aliphatic carbocycles. The van der Waals surface area contributed by atoms with Gasteiger partial charge in [-0.3, -0.25) is 9.52 Å². The quantitative estimate of drug-likeness (QED) is 0.545. The number of amides is 1. The number of hydrogen-bond donors (Lipinski definition) is 2. The summed E-state index contributed by atoms with van der Waals surface area (Å²) >= 11 is 0. The van der Waals surface area contributed by atoms with E-state index in [1.54, 1.807) is 30.6 Å². The molecule has 1 amide bonds. The van der Waals surface area contributed by atoms with Crippen LogP contribution in [-0.2, 0) is 21.3 Å². The molecule has 0 aliphatic rings. The van der Waals surface area contributed by atoms with Gasteiger partial charge in [0.25, 0.3) is 15.9 Å². The lowest BCUT2D eigenvalue weighted by atomic mass is 10.2. The minimum absolute atomic E-state index is 0.196. The summed E-state index contributed by atoms with van der Waals surface area (Å²) in [6.07, 6.45) is -2.70. The van der Waals surface area contributed by atoms with E-state index in [9.17, 15) is 26.4 Å². The van der Waals surface area contributed by atoms with Crippen LogP contribution in [0.1, 0.15) is 10.4 Å². The predicted molar refractivity (Wildman–Crippen MR) is 109 cm³/mol. The summed E-state index contributed by atoms with van der Waals surface area (Å²) in [7, 11) is -2.46. The summed E-state index contributed by atoms with van der Waals surface area (Å²) in [6.45, 7) is -0.329. The summed E-state index contributed by atoms with van der Waals surface area (Å²) in [6, 6.07) is 11.7. The van der Waals surface area contributed by atoms with E-state index >= 15 is 0 Å². The number of alkyl halides is 3. The highest BCUT2D eigenvalue weighted by molar-refractivity contribution is 7.92. The number of hydrogen-bond acceptors (Lipinski definition) is 4. The summed E-state index contributed by atoms with van der Waals surface area (Å²) < 4.78 is 71.8. The first kappa shape index (κ1) is 22.6. The molecule has 1 aromatic heterocycles. The van der Waals surface area contributed by atoms with Gasteiger partial charge in [-0.15, -0.1) is 0 Å². The van der Waals surface area contributed by atoms with Crippen LogP contribution in [0.4, 0.5) is 18.9 Å². The Hall–Kier alpha value is -3.05. The third kappa shape index (κ3) is 5.76. The van der Waals surface area contributed by atoms with Gasteiger partial charge in [0.1, 0.15) is 6.54 Å². The number of nitrogens with one attached hydrogen (secondary N) is 2. The van der Waals surface area contributed by atoms with Crippen LogP contribution in [0.3, 0.4) is 0 Å². The van der Waals surface area contributed by atoms with Crippen molar-refractivity contribution in [1.29, 1.82) is 0 Å². The number of fused-ring (bicyclic) bond motifs is 1. The minimum atomic E-state index is -4.57. The Morgan fingerprint density at radius 1 is 1.13 bits per heavy atom. The molecule has 3 rings (SSSR count). The molecule has 31 heavy (non-hydrogen) atoms. The van der Waals surface area contributed by atoms with E-state index in [1.807, 2.05) is 16.8 Å². The molecule has 7 nitrogen and oxygen atoms in total. The van der Waals surface area contributed by atoms with Crippen molar-refractivity contribution in [2.24, 2.45) is 0 Å². The summed E-state index contributed by atoms with van der Waals surface area (Å²) in [5.74, 6) is -1.02. The lowest BCUT2D eigenvalue weighted by Crippen LogP contribution is -2.33. The molecule has 1 heterocycles. The minimum Gasteiger partial charge on any atom is -0.383 e. The Morgan fingerprint density at radius 3 is 2.61 bits per heavy atom. The lowest BCUT2D eigenvalue weighted by molar-refractivity contribution is -0.123. The third-order valence-corrected chi connectivity index (χ3v) is 5.79. The number of nitrogens with zero attached hydrogens (tertiary/aromatic N) is 1. The van der Waals surface area contributed by atoms with Crippen LogP contribution in [0.15, 0.2) is 59.6 Å². The molecule has 0 atom stereocenters. The number of rotatable bonds is 8. The fourth-order valence-corrected chi connectivity index (χ4v) is 4.04. The molecule has 0 unspecified atom stereocenters. The Kier molecular flexibility index (Phi) is 6.56.